The van der Waals surface area contributed by atoms with Gasteiger partial charge in [-0.3, -0.25) is 9.78 Å². The fraction of sp³-hybridized carbons (Fsp3) is 0.353. The van der Waals surface area contributed by atoms with Crippen LogP contribution in [-0.2, 0) is 0 Å². The molecule has 0 bridgehead atoms. The lowest BCUT2D eigenvalue weighted by atomic mass is 10.1. The molecule has 6 heteroatoms. The normalized spacial score (nSPS) is 11.6. The number of hydrogen-bond donors (Lipinski definition) is 1. The molecule has 0 unspecified atom stereocenters. The van der Waals surface area contributed by atoms with Crippen LogP contribution in [0.3, 0.4) is 0 Å². The summed E-state index contributed by atoms with van der Waals surface area (Å²) in [6.07, 6.45) is 5.38. The number of nitrogens with one attached hydrogen (secondary N) is 1. The summed E-state index contributed by atoms with van der Waals surface area (Å²) in [4.78, 5) is 20.0. The highest BCUT2D eigenvalue weighted by Gasteiger charge is 2.14. The van der Waals surface area contributed by atoms with E-state index in [0.717, 1.165) is 12.0 Å². The van der Waals surface area contributed by atoms with Crippen molar-refractivity contribution in [3.63, 3.8) is 0 Å². The smallest absolute Gasteiger partial charge is 0.271 e. The molecule has 1 aromatic carbocycles. The van der Waals surface area contributed by atoms with Gasteiger partial charge in [0.15, 0.2) is 11.5 Å². The van der Waals surface area contributed by atoms with Gasteiger partial charge in [-0.25, -0.2) is 4.98 Å². The number of methoxy groups -OCH3 is 1. The van der Waals surface area contributed by atoms with E-state index < -0.39 is 0 Å². The Hall–Kier alpha value is -2.63. The summed E-state index contributed by atoms with van der Waals surface area (Å²) in [7, 11) is 1.60. The van der Waals surface area contributed by atoms with Crippen LogP contribution in [0, 0.1) is 0 Å². The van der Waals surface area contributed by atoms with Crippen molar-refractivity contribution in [3.05, 3.63) is 48.0 Å². The zero-order chi connectivity index (χ0) is 16.7. The van der Waals surface area contributed by atoms with Crippen LogP contribution in [0.5, 0.6) is 11.5 Å². The number of carbonyl (C=O) groups is 1. The van der Waals surface area contributed by atoms with Gasteiger partial charge in [-0.2, -0.15) is 0 Å². The Morgan fingerprint density at radius 1 is 1.30 bits per heavy atom. The second-order valence-electron chi connectivity index (χ2n) is 5.04. The first kappa shape index (κ1) is 16.7. The third kappa shape index (κ3) is 4.42. The van der Waals surface area contributed by atoms with Gasteiger partial charge in [-0.1, -0.05) is 13.0 Å². The van der Waals surface area contributed by atoms with E-state index in [-0.39, 0.29) is 17.6 Å². The van der Waals surface area contributed by atoms with Gasteiger partial charge in [-0.15, -0.1) is 0 Å². The summed E-state index contributed by atoms with van der Waals surface area (Å²) in [6.45, 7) is 4.58. The molecule has 0 saturated carbocycles. The molecule has 0 aliphatic carbocycles. The summed E-state index contributed by atoms with van der Waals surface area (Å²) >= 11 is 0. The molecule has 2 rings (SSSR count). The molecule has 0 saturated heterocycles. The van der Waals surface area contributed by atoms with Crippen molar-refractivity contribution in [1.82, 2.24) is 15.3 Å². The lowest BCUT2D eigenvalue weighted by Crippen LogP contribution is -2.27. The number of benzene rings is 1. The Morgan fingerprint density at radius 3 is 2.78 bits per heavy atom. The van der Waals surface area contributed by atoms with E-state index in [1.165, 1.54) is 18.6 Å². The summed E-state index contributed by atoms with van der Waals surface area (Å²) in [5.74, 6) is 1.08. The Labute approximate surface area is 135 Å². The first-order valence-electron chi connectivity index (χ1n) is 7.53. The van der Waals surface area contributed by atoms with Crippen LogP contribution in [-0.4, -0.2) is 29.6 Å². The van der Waals surface area contributed by atoms with Crippen LogP contribution in [0.1, 0.15) is 42.4 Å². The molecule has 0 spiro atoms. The lowest BCUT2D eigenvalue weighted by molar-refractivity contribution is 0.0934. The van der Waals surface area contributed by atoms with E-state index in [2.05, 4.69) is 15.3 Å². The maximum Gasteiger partial charge on any atom is 0.271 e. The highest BCUT2D eigenvalue weighted by atomic mass is 16.5. The number of amides is 1. The monoisotopic (exact) mass is 315 g/mol. The van der Waals surface area contributed by atoms with E-state index in [1.807, 2.05) is 32.0 Å². The zero-order valence-electron chi connectivity index (χ0n) is 13.6. The van der Waals surface area contributed by atoms with E-state index in [0.29, 0.717) is 18.1 Å². The van der Waals surface area contributed by atoms with E-state index in [1.54, 1.807) is 7.11 Å². The number of hydrogen-bond acceptors (Lipinski definition) is 5. The van der Waals surface area contributed by atoms with Gasteiger partial charge in [0.2, 0.25) is 0 Å². The molecular formula is C17H21N3O3. The van der Waals surface area contributed by atoms with Gasteiger partial charge < -0.3 is 14.8 Å². The third-order valence-electron chi connectivity index (χ3n) is 3.29. The second kappa shape index (κ2) is 8.12. The predicted octanol–water partition coefficient (Wildman–Crippen LogP) is 2.77. The van der Waals surface area contributed by atoms with Crippen molar-refractivity contribution >= 4 is 5.91 Å². The fourth-order valence-corrected chi connectivity index (χ4v) is 2.06. The average molecular weight is 315 g/mol. The molecule has 1 atom stereocenters. The molecule has 0 aliphatic rings. The maximum absolute atomic E-state index is 12.1. The molecule has 6 nitrogen and oxygen atoms in total. The van der Waals surface area contributed by atoms with E-state index >= 15 is 0 Å². The topological polar surface area (TPSA) is 73.3 Å². The first-order valence-corrected chi connectivity index (χ1v) is 7.53. The number of aromatic nitrogens is 2. The summed E-state index contributed by atoms with van der Waals surface area (Å²) in [6, 6.07) is 5.44. The molecule has 1 N–H and O–H groups in total. The summed E-state index contributed by atoms with van der Waals surface area (Å²) < 4.78 is 11.0. The van der Waals surface area contributed by atoms with Crippen molar-refractivity contribution in [2.24, 2.45) is 0 Å². The Kier molecular flexibility index (Phi) is 5.91. The number of rotatable bonds is 7. The van der Waals surface area contributed by atoms with Crippen molar-refractivity contribution in [1.29, 1.82) is 0 Å². The van der Waals surface area contributed by atoms with Crippen LogP contribution in [0.15, 0.2) is 36.8 Å². The number of carbonyl (C=O) groups excluding carboxylic acids is 1. The molecule has 2 aromatic rings. The minimum absolute atomic E-state index is 0.196. The van der Waals surface area contributed by atoms with Gasteiger partial charge >= 0.3 is 0 Å². The molecule has 122 valence electrons. The Balaban J connectivity index is 2.10. The van der Waals surface area contributed by atoms with Crippen LogP contribution in [0.2, 0.25) is 0 Å². The molecule has 0 aliphatic heterocycles. The van der Waals surface area contributed by atoms with Gasteiger partial charge in [0.05, 0.1) is 26.0 Å². The minimum Gasteiger partial charge on any atom is -0.493 e. The van der Waals surface area contributed by atoms with Gasteiger partial charge in [0.25, 0.3) is 5.91 Å². The first-order chi connectivity index (χ1) is 11.2. The van der Waals surface area contributed by atoms with Gasteiger partial charge in [-0.05, 0) is 31.0 Å². The highest BCUT2D eigenvalue weighted by Crippen LogP contribution is 2.30. The molecule has 0 fully saturated rings. The fourth-order valence-electron chi connectivity index (χ4n) is 2.06. The number of ether oxygens (including phenoxy) is 2. The largest absolute Gasteiger partial charge is 0.493 e. The standard InChI is InChI=1S/C17H21N3O3/c1-4-9-23-15-6-5-13(10-16(15)22-3)12(2)20-17(21)14-11-18-7-8-19-14/h5-8,10-12H,4,9H2,1-3H3,(H,20,21)/t12-/m0/s1. The quantitative estimate of drug-likeness (QED) is 0.850. The maximum atomic E-state index is 12.1. The zero-order valence-corrected chi connectivity index (χ0v) is 13.6. The molecular weight excluding hydrogens is 294 g/mol. The summed E-state index contributed by atoms with van der Waals surface area (Å²) in [5.41, 5.74) is 1.21. The van der Waals surface area contributed by atoms with Crippen molar-refractivity contribution in [2.75, 3.05) is 13.7 Å². The van der Waals surface area contributed by atoms with E-state index in [9.17, 15) is 4.79 Å². The highest BCUT2D eigenvalue weighted by molar-refractivity contribution is 5.92. The Morgan fingerprint density at radius 2 is 2.13 bits per heavy atom. The van der Waals surface area contributed by atoms with Crippen molar-refractivity contribution < 1.29 is 14.3 Å². The second-order valence-corrected chi connectivity index (χ2v) is 5.04. The van der Waals surface area contributed by atoms with Crippen molar-refractivity contribution in [3.8, 4) is 11.5 Å². The SMILES string of the molecule is CCCOc1ccc([C@H](C)NC(=O)c2cnccn2)cc1OC. The van der Waals surface area contributed by atoms with Gasteiger partial charge in [0.1, 0.15) is 5.69 Å². The van der Waals surface area contributed by atoms with Crippen molar-refractivity contribution in [2.45, 2.75) is 26.3 Å². The molecule has 0 radical (unpaired) electrons. The van der Waals surface area contributed by atoms with Crippen LogP contribution in [0.25, 0.3) is 0 Å². The molecule has 23 heavy (non-hydrogen) atoms. The summed E-state index contributed by atoms with van der Waals surface area (Å²) in [5, 5.41) is 2.89. The lowest BCUT2D eigenvalue weighted by Gasteiger charge is -2.17. The van der Waals surface area contributed by atoms with E-state index in [4.69, 9.17) is 9.47 Å². The van der Waals surface area contributed by atoms with Crippen LogP contribution in [0.4, 0.5) is 0 Å². The Bertz CT molecular complexity index is 647. The average Bonchev–Trinajstić information content (AvgIpc) is 2.60. The third-order valence-corrected chi connectivity index (χ3v) is 3.29. The van der Waals surface area contributed by atoms with Crippen LogP contribution >= 0.6 is 0 Å². The predicted molar refractivity (Wildman–Crippen MR) is 86.7 cm³/mol. The molecule has 1 aromatic heterocycles. The number of nitrogens with zero attached hydrogens (tertiary/aromatic N) is 2. The molecule has 1 amide bonds. The minimum atomic E-state index is -0.268. The van der Waals surface area contributed by atoms with Crippen LogP contribution < -0.4 is 14.8 Å². The molecule has 1 heterocycles. The van der Waals surface area contributed by atoms with Gasteiger partial charge in [0, 0.05) is 12.4 Å².